The monoisotopic (exact) mass is 440 g/mol. The lowest BCUT2D eigenvalue weighted by atomic mass is 10.3. The molecule has 0 aliphatic carbocycles. The minimum atomic E-state index is -0.498. The molecule has 5 rings (SSSR count). The van der Waals surface area contributed by atoms with Crippen molar-refractivity contribution in [2.24, 2.45) is 0 Å². The maximum Gasteiger partial charge on any atom is 0.420 e. The van der Waals surface area contributed by atoms with Gasteiger partial charge in [-0.05, 0) is 30.5 Å². The van der Waals surface area contributed by atoms with Crippen molar-refractivity contribution >= 4 is 55.5 Å². The van der Waals surface area contributed by atoms with Crippen LogP contribution in [-0.2, 0) is 11.3 Å². The maximum absolute atomic E-state index is 12.8. The molecule has 0 radical (unpaired) electrons. The van der Waals surface area contributed by atoms with E-state index in [4.69, 9.17) is 9.40 Å². The Morgan fingerprint density at radius 2 is 1.93 bits per heavy atom. The molecule has 0 unspecified atom stereocenters. The molecule has 0 spiro atoms. The van der Waals surface area contributed by atoms with Gasteiger partial charge < -0.3 is 14.2 Å². The molecule has 0 bridgehead atoms. The van der Waals surface area contributed by atoms with Crippen LogP contribution in [0.25, 0.3) is 21.3 Å². The van der Waals surface area contributed by atoms with E-state index >= 15 is 0 Å². The molecule has 3 heterocycles. The number of benzene rings is 2. The summed E-state index contributed by atoms with van der Waals surface area (Å²) in [5.41, 5.74) is 2.20. The number of amides is 1. The molecular formula is C21H20N4O3S2. The maximum atomic E-state index is 12.8. The Morgan fingerprint density at radius 3 is 2.73 bits per heavy atom. The summed E-state index contributed by atoms with van der Waals surface area (Å²) in [7, 11) is 0. The predicted octanol–water partition coefficient (Wildman–Crippen LogP) is 3.27. The molecule has 154 valence electrons. The van der Waals surface area contributed by atoms with Crippen LogP contribution >= 0.6 is 23.1 Å². The minimum absolute atomic E-state index is 0.00589. The standard InChI is InChI=1S/C21H20N4O3S2/c1-29-16-7-4-8-17-19(16)22-20(30-17)24-11-9-23(10-12-24)18(26)13-25-14-5-2-3-6-15(14)28-21(25)27/h2-8H,9-13H2,1H3. The number of para-hydroxylation sites is 3. The van der Waals surface area contributed by atoms with Gasteiger partial charge in [0.2, 0.25) is 5.91 Å². The first kappa shape index (κ1) is 19.2. The quantitative estimate of drug-likeness (QED) is 0.454. The zero-order chi connectivity index (χ0) is 20.7. The Bertz CT molecular complexity index is 1280. The summed E-state index contributed by atoms with van der Waals surface area (Å²) < 4.78 is 7.82. The lowest BCUT2D eigenvalue weighted by molar-refractivity contribution is -0.132. The first-order valence-electron chi connectivity index (χ1n) is 9.68. The Kier molecular flexibility index (Phi) is 5.00. The molecule has 1 saturated heterocycles. The second kappa shape index (κ2) is 7.81. The van der Waals surface area contributed by atoms with Crippen LogP contribution in [0.5, 0.6) is 0 Å². The first-order valence-corrected chi connectivity index (χ1v) is 11.7. The second-order valence-corrected chi connectivity index (χ2v) is 8.95. The smallest absolute Gasteiger partial charge is 0.408 e. The van der Waals surface area contributed by atoms with Gasteiger partial charge in [0.25, 0.3) is 0 Å². The molecule has 2 aromatic carbocycles. The highest BCUT2D eigenvalue weighted by Gasteiger charge is 2.24. The van der Waals surface area contributed by atoms with Crippen molar-refractivity contribution in [2.45, 2.75) is 11.4 Å². The van der Waals surface area contributed by atoms with Gasteiger partial charge in [-0.15, -0.1) is 11.8 Å². The number of oxazole rings is 1. The van der Waals surface area contributed by atoms with Crippen LogP contribution in [-0.4, -0.2) is 52.8 Å². The number of carbonyl (C=O) groups excluding carboxylic acids is 1. The molecule has 1 fully saturated rings. The van der Waals surface area contributed by atoms with Crippen LogP contribution < -0.4 is 10.7 Å². The van der Waals surface area contributed by atoms with Crippen molar-refractivity contribution in [3.63, 3.8) is 0 Å². The van der Waals surface area contributed by atoms with Gasteiger partial charge in [0, 0.05) is 31.1 Å². The largest absolute Gasteiger partial charge is 0.420 e. The number of thioether (sulfide) groups is 1. The lowest BCUT2D eigenvalue weighted by Gasteiger charge is -2.34. The average Bonchev–Trinajstić information content (AvgIpc) is 3.35. The number of carbonyl (C=O) groups is 1. The van der Waals surface area contributed by atoms with E-state index in [1.165, 1.54) is 14.2 Å². The molecule has 0 atom stereocenters. The Hall–Kier alpha value is -2.78. The molecule has 0 N–H and O–H groups in total. The number of nitrogens with zero attached hydrogens (tertiary/aromatic N) is 4. The summed E-state index contributed by atoms with van der Waals surface area (Å²) in [4.78, 5) is 35.0. The molecule has 2 aromatic heterocycles. The highest BCUT2D eigenvalue weighted by Crippen LogP contribution is 2.34. The number of rotatable bonds is 4. The van der Waals surface area contributed by atoms with Crippen molar-refractivity contribution in [1.29, 1.82) is 0 Å². The van der Waals surface area contributed by atoms with E-state index in [1.807, 2.05) is 11.0 Å². The van der Waals surface area contributed by atoms with Crippen LogP contribution in [0.15, 0.2) is 56.6 Å². The van der Waals surface area contributed by atoms with E-state index in [1.54, 1.807) is 41.3 Å². The van der Waals surface area contributed by atoms with Gasteiger partial charge in [-0.3, -0.25) is 9.36 Å². The minimum Gasteiger partial charge on any atom is -0.408 e. The third-order valence-electron chi connectivity index (χ3n) is 5.36. The predicted molar refractivity (Wildman–Crippen MR) is 121 cm³/mol. The number of fused-ring (bicyclic) bond motifs is 2. The van der Waals surface area contributed by atoms with E-state index in [-0.39, 0.29) is 12.5 Å². The summed E-state index contributed by atoms with van der Waals surface area (Å²) in [6.07, 6.45) is 2.06. The van der Waals surface area contributed by atoms with Gasteiger partial charge >= 0.3 is 5.76 Å². The summed E-state index contributed by atoms with van der Waals surface area (Å²) >= 11 is 3.39. The first-order chi connectivity index (χ1) is 14.6. The van der Waals surface area contributed by atoms with Crippen LogP contribution in [0.1, 0.15) is 0 Å². The number of piperazine rings is 1. The number of thiazole rings is 1. The van der Waals surface area contributed by atoms with Gasteiger partial charge in [0.15, 0.2) is 10.7 Å². The fourth-order valence-electron chi connectivity index (χ4n) is 3.76. The second-order valence-electron chi connectivity index (χ2n) is 7.09. The summed E-state index contributed by atoms with van der Waals surface area (Å²) in [5.74, 6) is -0.570. The SMILES string of the molecule is CSc1cccc2sc(N3CCN(C(=O)Cn4c(=O)oc5ccccc54)CC3)nc12. The summed E-state index contributed by atoms with van der Waals surface area (Å²) in [5, 5.41) is 0.996. The molecular weight excluding hydrogens is 420 g/mol. The Balaban J connectivity index is 1.28. The van der Waals surface area contributed by atoms with E-state index in [0.717, 1.165) is 23.7 Å². The third-order valence-corrected chi connectivity index (χ3v) is 7.21. The normalized spacial score (nSPS) is 14.7. The van der Waals surface area contributed by atoms with Gasteiger partial charge in [0.1, 0.15) is 6.54 Å². The molecule has 30 heavy (non-hydrogen) atoms. The van der Waals surface area contributed by atoms with Crippen molar-refractivity contribution in [3.05, 3.63) is 53.0 Å². The highest BCUT2D eigenvalue weighted by molar-refractivity contribution is 7.98. The van der Waals surface area contributed by atoms with Gasteiger partial charge in [0.05, 0.1) is 15.7 Å². The van der Waals surface area contributed by atoms with Crippen molar-refractivity contribution in [3.8, 4) is 0 Å². The van der Waals surface area contributed by atoms with Crippen LogP contribution in [0.4, 0.5) is 5.13 Å². The summed E-state index contributed by atoms with van der Waals surface area (Å²) in [6, 6.07) is 13.4. The van der Waals surface area contributed by atoms with E-state index in [9.17, 15) is 9.59 Å². The van der Waals surface area contributed by atoms with Gasteiger partial charge in [-0.25, -0.2) is 9.78 Å². The highest BCUT2D eigenvalue weighted by atomic mass is 32.2. The molecule has 4 aromatic rings. The number of aromatic nitrogens is 2. The average molecular weight is 441 g/mol. The zero-order valence-electron chi connectivity index (χ0n) is 16.4. The lowest BCUT2D eigenvalue weighted by Crippen LogP contribution is -2.50. The summed E-state index contributed by atoms with van der Waals surface area (Å²) in [6.45, 7) is 2.65. The van der Waals surface area contributed by atoms with Crippen LogP contribution in [0.2, 0.25) is 0 Å². The molecule has 0 saturated carbocycles. The van der Waals surface area contributed by atoms with Crippen molar-refractivity contribution < 1.29 is 9.21 Å². The Morgan fingerprint density at radius 1 is 1.13 bits per heavy atom. The van der Waals surface area contributed by atoms with Crippen molar-refractivity contribution in [2.75, 3.05) is 37.3 Å². The fraction of sp³-hybridized carbons (Fsp3) is 0.286. The molecule has 7 nitrogen and oxygen atoms in total. The third kappa shape index (κ3) is 3.37. The van der Waals surface area contributed by atoms with Crippen LogP contribution in [0, 0.1) is 0 Å². The van der Waals surface area contributed by atoms with Gasteiger partial charge in [-0.1, -0.05) is 29.5 Å². The topological polar surface area (TPSA) is 71.6 Å². The van der Waals surface area contributed by atoms with E-state index in [2.05, 4.69) is 29.4 Å². The van der Waals surface area contributed by atoms with E-state index < -0.39 is 5.76 Å². The number of hydrogen-bond donors (Lipinski definition) is 0. The Labute approximate surface area is 180 Å². The zero-order valence-corrected chi connectivity index (χ0v) is 18.0. The van der Waals surface area contributed by atoms with Crippen LogP contribution in [0.3, 0.4) is 0 Å². The molecule has 1 aliphatic heterocycles. The van der Waals surface area contributed by atoms with Crippen molar-refractivity contribution in [1.82, 2.24) is 14.5 Å². The number of anilines is 1. The number of hydrogen-bond acceptors (Lipinski definition) is 7. The molecule has 9 heteroatoms. The van der Waals surface area contributed by atoms with E-state index in [0.29, 0.717) is 24.2 Å². The molecule has 1 amide bonds. The van der Waals surface area contributed by atoms with Gasteiger partial charge in [-0.2, -0.15) is 0 Å². The fourth-order valence-corrected chi connectivity index (χ4v) is 5.43. The molecule has 1 aliphatic rings.